The van der Waals surface area contributed by atoms with E-state index in [9.17, 15) is 0 Å². The van der Waals surface area contributed by atoms with Crippen LogP contribution in [-0.2, 0) is 0 Å². The first-order valence-corrected chi connectivity index (χ1v) is 7.81. The zero-order valence-corrected chi connectivity index (χ0v) is 13.3. The number of hydrogen-bond acceptors (Lipinski definition) is 3. The average Bonchev–Trinajstić information content (AvgIpc) is 2.50. The topological polar surface area (TPSA) is 18.5 Å². The molecular formula is C18H27N3. The predicted octanol–water partition coefficient (Wildman–Crippen LogP) is 1.98. The van der Waals surface area contributed by atoms with Gasteiger partial charge in [-0.3, -0.25) is 4.90 Å². The minimum atomic E-state index is 0.426. The Kier molecular flexibility index (Phi) is 6.25. The van der Waals surface area contributed by atoms with E-state index < -0.39 is 0 Å². The van der Waals surface area contributed by atoms with Gasteiger partial charge in [0.05, 0.1) is 6.54 Å². The van der Waals surface area contributed by atoms with E-state index in [4.69, 9.17) is 6.42 Å². The highest BCUT2D eigenvalue weighted by atomic mass is 15.2. The van der Waals surface area contributed by atoms with Crippen LogP contribution in [0.5, 0.6) is 0 Å². The maximum absolute atomic E-state index is 5.38. The van der Waals surface area contributed by atoms with Gasteiger partial charge in [0.1, 0.15) is 0 Å². The molecule has 3 nitrogen and oxygen atoms in total. The number of rotatable bonds is 6. The van der Waals surface area contributed by atoms with Crippen molar-refractivity contribution in [2.75, 3.05) is 40.3 Å². The zero-order valence-electron chi connectivity index (χ0n) is 13.3. The summed E-state index contributed by atoms with van der Waals surface area (Å²) in [5, 5.41) is 3.74. The molecule has 1 aliphatic heterocycles. The Morgan fingerprint density at radius 1 is 1.29 bits per heavy atom. The summed E-state index contributed by atoms with van der Waals surface area (Å²) in [6, 6.07) is 11.8. The molecule has 21 heavy (non-hydrogen) atoms. The lowest BCUT2D eigenvalue weighted by atomic mass is 10.0. The Balaban J connectivity index is 1.82. The van der Waals surface area contributed by atoms with Gasteiger partial charge in [-0.15, -0.1) is 6.42 Å². The van der Waals surface area contributed by atoms with Gasteiger partial charge in [-0.05, 0) is 32.5 Å². The SMILES string of the molecule is C#CCN1CCC(NCC(c2ccccc2)N(C)C)CC1. The van der Waals surface area contributed by atoms with E-state index in [0.717, 1.165) is 26.2 Å². The number of likely N-dealkylation sites (N-methyl/N-ethyl adjacent to an activating group) is 1. The lowest BCUT2D eigenvalue weighted by molar-refractivity contribution is 0.204. The van der Waals surface area contributed by atoms with Crippen molar-refractivity contribution in [1.82, 2.24) is 15.1 Å². The maximum Gasteiger partial charge on any atom is 0.0598 e. The predicted molar refractivity (Wildman–Crippen MR) is 89.2 cm³/mol. The second kappa shape index (κ2) is 8.19. The molecule has 1 heterocycles. The maximum atomic E-state index is 5.38. The molecule has 1 aromatic rings. The summed E-state index contributed by atoms with van der Waals surface area (Å²) in [4.78, 5) is 4.65. The van der Waals surface area contributed by atoms with Crippen molar-refractivity contribution < 1.29 is 0 Å². The molecule has 1 unspecified atom stereocenters. The third-order valence-corrected chi connectivity index (χ3v) is 4.31. The van der Waals surface area contributed by atoms with E-state index in [-0.39, 0.29) is 0 Å². The summed E-state index contributed by atoms with van der Waals surface area (Å²) in [6.45, 7) is 4.01. The highest BCUT2D eigenvalue weighted by Gasteiger charge is 2.20. The summed E-state index contributed by atoms with van der Waals surface area (Å²) in [5.41, 5.74) is 1.37. The van der Waals surface area contributed by atoms with Gasteiger partial charge in [0.15, 0.2) is 0 Å². The van der Waals surface area contributed by atoms with Crippen LogP contribution >= 0.6 is 0 Å². The van der Waals surface area contributed by atoms with E-state index in [2.05, 4.69) is 65.5 Å². The van der Waals surface area contributed by atoms with Gasteiger partial charge in [-0.25, -0.2) is 0 Å². The Bertz CT molecular complexity index is 441. The summed E-state index contributed by atoms with van der Waals surface area (Å²) in [6.07, 6.45) is 7.76. The van der Waals surface area contributed by atoms with Crippen molar-refractivity contribution in [2.24, 2.45) is 0 Å². The molecule has 1 aliphatic rings. The number of piperidine rings is 1. The summed E-state index contributed by atoms with van der Waals surface area (Å²) < 4.78 is 0. The first kappa shape index (κ1) is 16.0. The molecule has 0 aromatic heterocycles. The smallest absolute Gasteiger partial charge is 0.0598 e. The van der Waals surface area contributed by atoms with Crippen LogP contribution in [0.15, 0.2) is 30.3 Å². The van der Waals surface area contributed by atoms with Gasteiger partial charge >= 0.3 is 0 Å². The molecule has 0 radical (unpaired) electrons. The highest BCUT2D eigenvalue weighted by Crippen LogP contribution is 2.18. The van der Waals surface area contributed by atoms with Crippen LogP contribution in [0.3, 0.4) is 0 Å². The van der Waals surface area contributed by atoms with Crippen molar-refractivity contribution in [1.29, 1.82) is 0 Å². The van der Waals surface area contributed by atoms with Gasteiger partial charge < -0.3 is 10.2 Å². The second-order valence-corrected chi connectivity index (χ2v) is 6.05. The quantitative estimate of drug-likeness (QED) is 0.806. The van der Waals surface area contributed by atoms with Gasteiger partial charge in [0.2, 0.25) is 0 Å². The fourth-order valence-corrected chi connectivity index (χ4v) is 2.98. The van der Waals surface area contributed by atoms with Crippen molar-refractivity contribution in [2.45, 2.75) is 24.9 Å². The van der Waals surface area contributed by atoms with Crippen molar-refractivity contribution in [3.8, 4) is 12.3 Å². The first-order valence-electron chi connectivity index (χ1n) is 7.81. The van der Waals surface area contributed by atoms with Crippen LogP contribution in [0.4, 0.5) is 0 Å². The van der Waals surface area contributed by atoms with Crippen molar-refractivity contribution >= 4 is 0 Å². The summed E-state index contributed by atoms with van der Waals surface area (Å²) >= 11 is 0. The minimum absolute atomic E-state index is 0.426. The van der Waals surface area contributed by atoms with Gasteiger partial charge in [-0.1, -0.05) is 36.3 Å². The van der Waals surface area contributed by atoms with Crippen LogP contribution in [0.25, 0.3) is 0 Å². The third-order valence-electron chi connectivity index (χ3n) is 4.31. The fraction of sp³-hybridized carbons (Fsp3) is 0.556. The molecule has 0 amide bonds. The van der Waals surface area contributed by atoms with Gasteiger partial charge in [0.25, 0.3) is 0 Å². The normalized spacial score (nSPS) is 18.6. The molecule has 1 saturated heterocycles. The van der Waals surface area contributed by atoms with E-state index >= 15 is 0 Å². The van der Waals surface area contributed by atoms with E-state index in [1.807, 2.05) is 0 Å². The van der Waals surface area contributed by atoms with Crippen LogP contribution < -0.4 is 5.32 Å². The average molecular weight is 285 g/mol. The largest absolute Gasteiger partial charge is 0.312 e. The zero-order chi connectivity index (χ0) is 15.1. The Hall–Kier alpha value is -1.34. The van der Waals surface area contributed by atoms with Crippen LogP contribution in [0.2, 0.25) is 0 Å². The van der Waals surface area contributed by atoms with Crippen LogP contribution in [0, 0.1) is 12.3 Å². The molecule has 3 heteroatoms. The molecule has 2 rings (SSSR count). The number of nitrogens with zero attached hydrogens (tertiary/aromatic N) is 2. The number of likely N-dealkylation sites (tertiary alicyclic amines) is 1. The first-order chi connectivity index (χ1) is 10.2. The van der Waals surface area contributed by atoms with E-state index in [1.54, 1.807) is 0 Å². The molecule has 114 valence electrons. The lowest BCUT2D eigenvalue weighted by Crippen LogP contribution is -2.44. The molecule has 1 fully saturated rings. The highest BCUT2D eigenvalue weighted by molar-refractivity contribution is 5.19. The fourth-order valence-electron chi connectivity index (χ4n) is 2.98. The standard InChI is InChI=1S/C18H27N3/c1-4-12-21-13-10-17(11-14-21)19-15-18(20(2)3)16-8-6-5-7-9-16/h1,5-9,17-19H,10-15H2,2-3H3. The molecular weight excluding hydrogens is 258 g/mol. The Labute approximate surface area is 129 Å². The van der Waals surface area contributed by atoms with Crippen LogP contribution in [0.1, 0.15) is 24.4 Å². The number of nitrogens with one attached hydrogen (secondary N) is 1. The Morgan fingerprint density at radius 3 is 2.52 bits per heavy atom. The number of benzene rings is 1. The van der Waals surface area contributed by atoms with Crippen molar-refractivity contribution in [3.63, 3.8) is 0 Å². The van der Waals surface area contributed by atoms with E-state index in [0.29, 0.717) is 12.1 Å². The molecule has 1 N–H and O–H groups in total. The summed E-state index contributed by atoms with van der Waals surface area (Å²) in [5.74, 6) is 2.74. The lowest BCUT2D eigenvalue weighted by Gasteiger charge is -2.33. The van der Waals surface area contributed by atoms with Gasteiger partial charge in [-0.2, -0.15) is 0 Å². The Morgan fingerprint density at radius 2 is 1.95 bits per heavy atom. The van der Waals surface area contributed by atoms with Crippen LogP contribution in [-0.4, -0.2) is 56.1 Å². The summed E-state index contributed by atoms with van der Waals surface area (Å²) in [7, 11) is 4.30. The molecule has 0 spiro atoms. The molecule has 1 aromatic carbocycles. The number of terminal acetylenes is 1. The van der Waals surface area contributed by atoms with Gasteiger partial charge in [0, 0.05) is 31.7 Å². The number of hydrogen-bond donors (Lipinski definition) is 1. The molecule has 0 aliphatic carbocycles. The van der Waals surface area contributed by atoms with E-state index in [1.165, 1.54) is 18.4 Å². The monoisotopic (exact) mass is 285 g/mol. The molecule has 0 saturated carbocycles. The minimum Gasteiger partial charge on any atom is -0.312 e. The molecule has 0 bridgehead atoms. The second-order valence-electron chi connectivity index (χ2n) is 6.05. The third kappa shape index (κ3) is 4.86. The van der Waals surface area contributed by atoms with Crippen molar-refractivity contribution in [3.05, 3.63) is 35.9 Å². The molecule has 1 atom stereocenters.